The highest BCUT2D eigenvalue weighted by atomic mass is 35.5. The van der Waals surface area contributed by atoms with Crippen molar-refractivity contribution < 1.29 is 9.53 Å². The highest BCUT2D eigenvalue weighted by Crippen LogP contribution is 2.37. The molecule has 1 atom stereocenters. The Morgan fingerprint density at radius 3 is 2.79 bits per heavy atom. The lowest BCUT2D eigenvalue weighted by Crippen LogP contribution is -2.42. The lowest BCUT2D eigenvalue weighted by atomic mass is 9.77. The number of nitrogens with one attached hydrogen (secondary N) is 3. The summed E-state index contributed by atoms with van der Waals surface area (Å²) >= 11 is 0. The smallest absolute Gasteiger partial charge is 0.239 e. The van der Waals surface area contributed by atoms with Gasteiger partial charge in [0.05, 0.1) is 24.2 Å². The lowest BCUT2D eigenvalue weighted by molar-refractivity contribution is -0.131. The zero-order valence-corrected chi connectivity index (χ0v) is 18.6. The molecule has 4 rings (SSSR count). The average molecular weight is 444 g/mol. The number of nitrogens with zero attached hydrogens (tertiary/aromatic N) is 2. The summed E-state index contributed by atoms with van der Waals surface area (Å²) in [7, 11) is 3.55. The first-order valence-corrected chi connectivity index (χ1v) is 9.80. The number of hydrogen-bond acceptors (Lipinski definition) is 5. The number of aromatic nitrogens is 2. The third-order valence-electron chi connectivity index (χ3n) is 6.12. The summed E-state index contributed by atoms with van der Waals surface area (Å²) in [6.07, 6.45) is 4.00. The lowest BCUT2D eigenvalue weighted by Gasteiger charge is -2.33. The number of fused-ring (bicyclic) bond motifs is 1. The average Bonchev–Trinajstić information content (AvgIpc) is 3.29. The van der Waals surface area contributed by atoms with Gasteiger partial charge in [0.25, 0.3) is 0 Å². The van der Waals surface area contributed by atoms with Crippen LogP contribution in [0.15, 0.2) is 18.2 Å². The number of ether oxygens (including phenoxy) is 1. The Labute approximate surface area is 184 Å². The van der Waals surface area contributed by atoms with Gasteiger partial charge in [0.1, 0.15) is 11.6 Å². The van der Waals surface area contributed by atoms with E-state index in [2.05, 4.69) is 20.6 Å². The molecule has 1 unspecified atom stereocenters. The Morgan fingerprint density at radius 2 is 2.07 bits per heavy atom. The van der Waals surface area contributed by atoms with Crippen molar-refractivity contribution >= 4 is 41.8 Å². The van der Waals surface area contributed by atoms with Crippen LogP contribution in [0.2, 0.25) is 0 Å². The fourth-order valence-corrected chi connectivity index (χ4v) is 4.37. The molecule has 2 aromatic rings. The molecule has 0 radical (unpaired) electrons. The number of imidazole rings is 1. The molecule has 0 saturated carbocycles. The first-order chi connectivity index (χ1) is 13.1. The van der Waals surface area contributed by atoms with Crippen molar-refractivity contribution in [2.45, 2.75) is 31.7 Å². The molecule has 9 heteroatoms. The van der Waals surface area contributed by atoms with E-state index < -0.39 is 0 Å². The van der Waals surface area contributed by atoms with Crippen LogP contribution in [0.1, 0.15) is 25.1 Å². The van der Waals surface area contributed by atoms with Crippen LogP contribution in [0, 0.1) is 5.41 Å². The van der Waals surface area contributed by atoms with Gasteiger partial charge in [-0.1, -0.05) is 0 Å². The van der Waals surface area contributed by atoms with Gasteiger partial charge in [0, 0.05) is 32.6 Å². The van der Waals surface area contributed by atoms with Crippen molar-refractivity contribution in [1.29, 1.82) is 0 Å². The molecule has 1 spiro atoms. The number of aromatic amines is 1. The van der Waals surface area contributed by atoms with Crippen LogP contribution < -0.4 is 15.4 Å². The fourth-order valence-electron chi connectivity index (χ4n) is 4.37. The van der Waals surface area contributed by atoms with E-state index in [0.29, 0.717) is 18.4 Å². The van der Waals surface area contributed by atoms with Crippen LogP contribution in [-0.4, -0.2) is 67.2 Å². The highest BCUT2D eigenvalue weighted by Gasteiger charge is 2.42. The minimum Gasteiger partial charge on any atom is -0.497 e. The molecular formula is C20H31Cl2N5O2. The van der Waals surface area contributed by atoms with Crippen molar-refractivity contribution in [1.82, 2.24) is 25.5 Å². The summed E-state index contributed by atoms with van der Waals surface area (Å²) in [5.41, 5.74) is 2.19. The van der Waals surface area contributed by atoms with Crippen molar-refractivity contribution in [2.24, 2.45) is 5.41 Å². The van der Waals surface area contributed by atoms with Crippen LogP contribution in [0.25, 0.3) is 11.0 Å². The predicted molar refractivity (Wildman–Crippen MR) is 119 cm³/mol. The van der Waals surface area contributed by atoms with E-state index in [4.69, 9.17) is 4.74 Å². The van der Waals surface area contributed by atoms with Gasteiger partial charge < -0.3 is 25.3 Å². The van der Waals surface area contributed by atoms with E-state index in [9.17, 15) is 4.79 Å². The summed E-state index contributed by atoms with van der Waals surface area (Å²) < 4.78 is 5.25. The Kier molecular flexibility index (Phi) is 8.17. The second-order valence-corrected chi connectivity index (χ2v) is 7.96. The van der Waals surface area contributed by atoms with Crippen LogP contribution in [-0.2, 0) is 11.2 Å². The number of benzene rings is 1. The molecule has 2 saturated heterocycles. The summed E-state index contributed by atoms with van der Waals surface area (Å²) in [4.78, 5) is 22.6. The van der Waals surface area contributed by atoms with Gasteiger partial charge in [-0.05, 0) is 49.9 Å². The second kappa shape index (κ2) is 9.98. The third kappa shape index (κ3) is 5.15. The van der Waals surface area contributed by atoms with Crippen molar-refractivity contribution in [2.75, 3.05) is 40.3 Å². The van der Waals surface area contributed by atoms with E-state index in [1.54, 1.807) is 7.11 Å². The second-order valence-electron chi connectivity index (χ2n) is 7.96. The van der Waals surface area contributed by atoms with Gasteiger partial charge in [-0.3, -0.25) is 4.79 Å². The third-order valence-corrected chi connectivity index (χ3v) is 6.12. The molecule has 1 amide bonds. The number of amides is 1. The van der Waals surface area contributed by atoms with E-state index >= 15 is 0 Å². The van der Waals surface area contributed by atoms with E-state index in [0.717, 1.165) is 61.5 Å². The molecule has 0 bridgehead atoms. The van der Waals surface area contributed by atoms with Crippen LogP contribution in [0.4, 0.5) is 0 Å². The molecular weight excluding hydrogens is 413 g/mol. The number of likely N-dealkylation sites (N-methyl/N-ethyl adjacent to an activating group) is 1. The Bertz CT molecular complexity index is 822. The molecule has 2 aliphatic rings. The molecule has 2 aliphatic heterocycles. The SMILES string of the molecule is COc1ccc2nc(CCN(C)C(=O)C3CC4(CCNCC4)CN3)[nH]c2c1.Cl.Cl. The van der Waals surface area contributed by atoms with Crippen LogP contribution in [0.5, 0.6) is 5.75 Å². The monoisotopic (exact) mass is 443 g/mol. The highest BCUT2D eigenvalue weighted by molar-refractivity contribution is 5.85. The zero-order valence-electron chi connectivity index (χ0n) is 17.0. The van der Waals surface area contributed by atoms with Gasteiger partial charge in [0.2, 0.25) is 5.91 Å². The minimum absolute atomic E-state index is 0. The minimum atomic E-state index is -0.0481. The number of rotatable bonds is 5. The van der Waals surface area contributed by atoms with Crippen molar-refractivity contribution in [3.8, 4) is 5.75 Å². The van der Waals surface area contributed by atoms with E-state index in [1.165, 1.54) is 0 Å². The summed E-state index contributed by atoms with van der Waals surface area (Å²) in [6, 6.07) is 5.75. The predicted octanol–water partition coefficient (Wildman–Crippen LogP) is 2.15. The van der Waals surface area contributed by atoms with E-state index in [-0.39, 0.29) is 36.8 Å². The number of methoxy groups -OCH3 is 1. The van der Waals surface area contributed by atoms with Crippen molar-refractivity contribution in [3.63, 3.8) is 0 Å². The molecule has 1 aromatic carbocycles. The Hall–Kier alpha value is -1.54. The molecule has 0 aliphatic carbocycles. The fraction of sp³-hybridized carbons (Fsp3) is 0.600. The largest absolute Gasteiger partial charge is 0.497 e. The molecule has 3 heterocycles. The number of hydrogen-bond donors (Lipinski definition) is 3. The maximum absolute atomic E-state index is 12.8. The standard InChI is InChI=1S/C20H29N5O2.2ClH/c1-25(19(26)17-12-20(13-22-17)6-8-21-9-7-20)10-5-18-23-15-4-3-14(27-2)11-16(15)24-18;;/h3-4,11,17,21-22H,5-10,12-13H2,1-2H3,(H,23,24);2*1H. The summed E-state index contributed by atoms with van der Waals surface area (Å²) in [5, 5.41) is 6.89. The molecule has 1 aromatic heterocycles. The maximum Gasteiger partial charge on any atom is 0.239 e. The molecule has 7 nitrogen and oxygen atoms in total. The van der Waals surface area contributed by atoms with Gasteiger partial charge in [-0.2, -0.15) is 0 Å². The summed E-state index contributed by atoms with van der Waals surface area (Å²) in [6.45, 7) is 3.75. The molecule has 29 heavy (non-hydrogen) atoms. The quantitative estimate of drug-likeness (QED) is 0.659. The number of H-pyrrole nitrogens is 1. The molecule has 2 fully saturated rings. The first-order valence-electron chi connectivity index (χ1n) is 9.80. The summed E-state index contributed by atoms with van der Waals surface area (Å²) in [5.74, 6) is 1.90. The first kappa shape index (κ1) is 23.7. The zero-order chi connectivity index (χ0) is 18.9. The Balaban J connectivity index is 0.00000150. The van der Waals surface area contributed by atoms with Crippen LogP contribution >= 0.6 is 24.8 Å². The number of piperidine rings is 1. The maximum atomic E-state index is 12.8. The van der Waals surface area contributed by atoms with Gasteiger partial charge in [0.15, 0.2) is 0 Å². The number of carbonyl (C=O) groups excluding carboxylic acids is 1. The molecule has 3 N–H and O–H groups in total. The number of halogens is 2. The van der Waals surface area contributed by atoms with E-state index in [1.807, 2.05) is 30.1 Å². The van der Waals surface area contributed by atoms with Gasteiger partial charge in [-0.25, -0.2) is 4.98 Å². The van der Waals surface area contributed by atoms with Gasteiger partial charge in [-0.15, -0.1) is 24.8 Å². The number of carbonyl (C=O) groups is 1. The Morgan fingerprint density at radius 1 is 1.31 bits per heavy atom. The topological polar surface area (TPSA) is 82.3 Å². The normalized spacial score (nSPS) is 20.1. The van der Waals surface area contributed by atoms with Crippen LogP contribution in [0.3, 0.4) is 0 Å². The van der Waals surface area contributed by atoms with Gasteiger partial charge >= 0.3 is 0 Å². The molecule has 162 valence electrons. The van der Waals surface area contributed by atoms with Crippen molar-refractivity contribution in [3.05, 3.63) is 24.0 Å².